The number of benzene rings is 1. The number of hydrogen-bond donors (Lipinski definition) is 2. The summed E-state index contributed by atoms with van der Waals surface area (Å²) in [5.41, 5.74) is 12.6. The minimum Gasteiger partial charge on any atom is -0.399 e. The molecule has 0 saturated heterocycles. The molecule has 4 aliphatic rings. The van der Waals surface area contributed by atoms with E-state index in [9.17, 15) is 0 Å². The van der Waals surface area contributed by atoms with Gasteiger partial charge in [-0.2, -0.15) is 8.78 Å². The van der Waals surface area contributed by atoms with E-state index >= 15 is 8.78 Å². The Hall–Kier alpha value is -1.36. The van der Waals surface area contributed by atoms with Crippen LogP contribution in [0.2, 0.25) is 0 Å². The van der Waals surface area contributed by atoms with Crippen LogP contribution >= 0.6 is 0 Å². The third kappa shape index (κ3) is 5.47. The van der Waals surface area contributed by atoms with Gasteiger partial charge in [0.05, 0.1) is 11.7 Å². The number of nitrogen functional groups attached to an aromatic ring is 2. The Morgan fingerprint density at radius 3 is 2.23 bits per heavy atom. The number of fused-ring (bicyclic) bond motifs is 5. The fraction of sp³-hybridized carbons (Fsp3) is 0.824. The first kappa shape index (κ1) is 29.1. The van der Waals surface area contributed by atoms with Crippen LogP contribution in [-0.2, 0) is 10.8 Å². The zero-order valence-corrected chi connectivity index (χ0v) is 25.2. The lowest BCUT2D eigenvalue weighted by Gasteiger charge is -2.61. The summed E-state index contributed by atoms with van der Waals surface area (Å²) in [5.74, 6) is 5.36. The molecule has 5 heteroatoms. The standard InChI is InChI=1S/C34H54F2N2O/c1-21(2)7-6-8-22(3)29-11-12-30-28-10-9-23-19-27(13-15-32(23,4)31(28)14-16-33(29,30)5)39-34(35,36)24-17-25(37)20-26(38)18-24/h17-18,20-23,27-31H,6-16,19,37-38H2,1-5H3/t22-,23?,27?,28?,29-,30?,31?,32+,33-/m1/s1. The maximum Gasteiger partial charge on any atom is 0.383 e. The van der Waals surface area contributed by atoms with Crippen molar-refractivity contribution in [3.05, 3.63) is 23.8 Å². The number of alkyl halides is 2. The van der Waals surface area contributed by atoms with Gasteiger partial charge < -0.3 is 16.2 Å². The van der Waals surface area contributed by atoms with Crippen LogP contribution in [0.25, 0.3) is 0 Å². The molecule has 4 aliphatic carbocycles. The molecule has 4 fully saturated rings. The summed E-state index contributed by atoms with van der Waals surface area (Å²) < 4.78 is 35.9. The zero-order chi connectivity index (χ0) is 28.2. The smallest absolute Gasteiger partial charge is 0.383 e. The zero-order valence-electron chi connectivity index (χ0n) is 25.2. The van der Waals surface area contributed by atoms with Crippen LogP contribution in [0, 0.1) is 52.3 Å². The molecule has 9 atom stereocenters. The number of rotatable bonds is 8. The van der Waals surface area contributed by atoms with E-state index in [1.54, 1.807) is 0 Å². The number of anilines is 2. The second-order valence-corrected chi connectivity index (χ2v) is 15.1. The van der Waals surface area contributed by atoms with E-state index in [1.807, 2.05) is 0 Å². The van der Waals surface area contributed by atoms with Crippen LogP contribution in [0.4, 0.5) is 20.2 Å². The Labute approximate surface area is 236 Å². The highest BCUT2D eigenvalue weighted by Crippen LogP contribution is 2.68. The molecular weight excluding hydrogens is 490 g/mol. The van der Waals surface area contributed by atoms with Gasteiger partial charge in [0.2, 0.25) is 0 Å². The first-order chi connectivity index (χ1) is 18.3. The predicted octanol–water partition coefficient (Wildman–Crippen LogP) is 9.41. The van der Waals surface area contributed by atoms with Crippen molar-refractivity contribution in [2.45, 2.75) is 124 Å². The van der Waals surface area contributed by atoms with Gasteiger partial charge in [0, 0.05) is 11.4 Å². The summed E-state index contributed by atoms with van der Waals surface area (Å²) in [6.07, 6.45) is 10.7. The molecule has 0 bridgehead atoms. The van der Waals surface area contributed by atoms with Crippen LogP contribution in [0.5, 0.6) is 0 Å². The Morgan fingerprint density at radius 2 is 1.54 bits per heavy atom. The summed E-state index contributed by atoms with van der Waals surface area (Å²) in [5, 5.41) is 0. The lowest BCUT2D eigenvalue weighted by molar-refractivity contribution is -0.286. The van der Waals surface area contributed by atoms with E-state index in [1.165, 1.54) is 69.6 Å². The molecule has 4 saturated carbocycles. The number of nitrogens with two attached hydrogens (primary N) is 2. The first-order valence-corrected chi connectivity index (χ1v) is 16.1. The molecular formula is C34H54F2N2O. The van der Waals surface area contributed by atoms with Gasteiger partial charge in [-0.3, -0.25) is 0 Å². The van der Waals surface area contributed by atoms with Crippen molar-refractivity contribution >= 4 is 11.4 Å². The monoisotopic (exact) mass is 544 g/mol. The molecule has 0 radical (unpaired) electrons. The maximum absolute atomic E-state index is 15.2. The predicted molar refractivity (Wildman–Crippen MR) is 157 cm³/mol. The van der Waals surface area contributed by atoms with E-state index in [2.05, 4.69) is 34.6 Å². The minimum absolute atomic E-state index is 0.238. The Morgan fingerprint density at radius 1 is 0.872 bits per heavy atom. The molecule has 5 rings (SSSR count). The van der Waals surface area contributed by atoms with Gasteiger partial charge in [0.15, 0.2) is 0 Å². The van der Waals surface area contributed by atoms with Crippen molar-refractivity contribution < 1.29 is 13.5 Å². The molecule has 220 valence electrons. The largest absolute Gasteiger partial charge is 0.399 e. The Balaban J connectivity index is 1.24. The highest BCUT2D eigenvalue weighted by Gasteiger charge is 2.61. The SMILES string of the molecule is CC(C)CCC[C@@H](C)[C@H]1CCC2C3CCC4CC(OC(F)(F)c5cc(N)cc(N)c5)CC[C@]4(C)C3CC[C@@]21C. The normalized spacial score (nSPS) is 39.2. The molecule has 3 nitrogen and oxygen atoms in total. The summed E-state index contributed by atoms with van der Waals surface area (Å²) >= 11 is 0. The summed E-state index contributed by atoms with van der Waals surface area (Å²) in [4.78, 5) is 0. The molecule has 0 spiro atoms. The van der Waals surface area contributed by atoms with E-state index in [0.717, 1.165) is 54.8 Å². The number of halogens is 2. The van der Waals surface area contributed by atoms with Crippen molar-refractivity contribution in [2.75, 3.05) is 11.5 Å². The van der Waals surface area contributed by atoms with Gasteiger partial charge in [-0.1, -0.05) is 53.9 Å². The third-order valence-corrected chi connectivity index (χ3v) is 12.4. The van der Waals surface area contributed by atoms with Gasteiger partial charge in [0.25, 0.3) is 0 Å². The molecule has 0 amide bonds. The van der Waals surface area contributed by atoms with Gasteiger partial charge in [-0.25, -0.2) is 0 Å². The molecule has 1 aromatic carbocycles. The third-order valence-electron chi connectivity index (χ3n) is 12.4. The van der Waals surface area contributed by atoms with Crippen molar-refractivity contribution in [3.8, 4) is 0 Å². The lowest BCUT2D eigenvalue weighted by Crippen LogP contribution is -2.54. The average molecular weight is 545 g/mol. The van der Waals surface area contributed by atoms with Gasteiger partial charge in [0.1, 0.15) is 0 Å². The summed E-state index contributed by atoms with van der Waals surface area (Å²) in [7, 11) is 0. The fourth-order valence-corrected chi connectivity index (χ4v) is 10.5. The van der Waals surface area contributed by atoms with Crippen molar-refractivity contribution in [2.24, 2.45) is 52.3 Å². The Bertz CT molecular complexity index is 993. The summed E-state index contributed by atoms with van der Waals surface area (Å²) in [6.45, 7) is 12.4. The molecule has 0 aromatic heterocycles. The van der Waals surface area contributed by atoms with E-state index < -0.39 is 12.2 Å². The van der Waals surface area contributed by atoms with Crippen LogP contribution < -0.4 is 11.5 Å². The van der Waals surface area contributed by atoms with Gasteiger partial charge in [-0.05, 0) is 128 Å². The quantitative estimate of drug-likeness (QED) is 0.320. The van der Waals surface area contributed by atoms with Crippen molar-refractivity contribution in [1.82, 2.24) is 0 Å². The summed E-state index contributed by atoms with van der Waals surface area (Å²) in [6, 6.07) is 4.07. The first-order valence-electron chi connectivity index (χ1n) is 16.1. The molecule has 1 aromatic rings. The Kier molecular flexibility index (Phi) is 8.07. The molecule has 0 heterocycles. The lowest BCUT2D eigenvalue weighted by atomic mass is 9.44. The molecule has 39 heavy (non-hydrogen) atoms. The molecule has 0 aliphatic heterocycles. The van der Waals surface area contributed by atoms with Crippen molar-refractivity contribution in [1.29, 1.82) is 0 Å². The topological polar surface area (TPSA) is 61.3 Å². The van der Waals surface area contributed by atoms with E-state index in [-0.39, 0.29) is 22.4 Å². The van der Waals surface area contributed by atoms with Gasteiger partial charge >= 0.3 is 6.11 Å². The second-order valence-electron chi connectivity index (χ2n) is 15.1. The van der Waals surface area contributed by atoms with E-state index in [0.29, 0.717) is 17.8 Å². The van der Waals surface area contributed by atoms with Crippen molar-refractivity contribution in [3.63, 3.8) is 0 Å². The van der Waals surface area contributed by atoms with Crippen LogP contribution in [0.15, 0.2) is 18.2 Å². The number of hydrogen-bond acceptors (Lipinski definition) is 3. The highest BCUT2D eigenvalue weighted by molar-refractivity contribution is 5.54. The fourth-order valence-electron chi connectivity index (χ4n) is 10.5. The number of ether oxygens (including phenoxy) is 1. The van der Waals surface area contributed by atoms with Crippen LogP contribution in [0.1, 0.15) is 117 Å². The highest BCUT2D eigenvalue weighted by atomic mass is 19.3. The van der Waals surface area contributed by atoms with E-state index in [4.69, 9.17) is 16.2 Å². The van der Waals surface area contributed by atoms with Crippen LogP contribution in [0.3, 0.4) is 0 Å². The maximum atomic E-state index is 15.2. The molecule has 4 N–H and O–H groups in total. The van der Waals surface area contributed by atoms with Crippen LogP contribution in [-0.4, -0.2) is 6.10 Å². The minimum atomic E-state index is -3.38. The molecule has 5 unspecified atom stereocenters. The van der Waals surface area contributed by atoms with Gasteiger partial charge in [-0.15, -0.1) is 0 Å². The average Bonchev–Trinajstić information content (AvgIpc) is 3.20. The second kappa shape index (κ2) is 10.8.